The Bertz CT molecular complexity index is 1410. The fraction of sp³-hybridized carbons (Fsp3) is 0.615. The molecule has 0 bridgehead atoms. The summed E-state index contributed by atoms with van der Waals surface area (Å²) < 4.78 is 0. The zero-order chi connectivity index (χ0) is 40.9. The van der Waals surface area contributed by atoms with Gasteiger partial charge in [-0.1, -0.05) is 229 Å². The molecule has 0 saturated heterocycles. The Balaban J connectivity index is 2.02. The summed E-state index contributed by atoms with van der Waals surface area (Å²) in [4.78, 5) is 24.5. The van der Waals surface area contributed by atoms with E-state index in [0.29, 0.717) is 12.8 Å². The van der Waals surface area contributed by atoms with E-state index in [1.165, 1.54) is 99.3 Å². The largest absolute Gasteiger partial charge is 0.481 e. The number of unbranched alkanes of at least 4 members (excludes halogenated alkanes) is 14. The van der Waals surface area contributed by atoms with E-state index in [1.807, 2.05) is 0 Å². The van der Waals surface area contributed by atoms with Crippen LogP contribution in [-0.2, 0) is 31.2 Å². The van der Waals surface area contributed by atoms with Crippen LogP contribution in [0.3, 0.4) is 0 Å². The third-order valence-electron chi connectivity index (χ3n) is 13.8. The number of aliphatic carboxylic acids is 2. The van der Waals surface area contributed by atoms with E-state index in [2.05, 4.69) is 126 Å². The molecule has 4 heteroatoms. The molecule has 2 atom stereocenters. The van der Waals surface area contributed by atoms with Crippen LogP contribution in [0, 0.1) is 0 Å². The SMILES string of the molecule is CCCCCCCCCCC(CCC(=O)O)(c1ccccc1)C(C)(C)c1ccc(C(C)(C)C(CCCCCCCCCC)(CCC(=O)O)c2ccccc2)cc1. The molecule has 0 saturated carbocycles. The smallest absolute Gasteiger partial charge is 0.303 e. The first-order chi connectivity index (χ1) is 26.9. The second-order valence-corrected chi connectivity index (χ2v) is 18.0. The first-order valence-corrected chi connectivity index (χ1v) is 22.5. The minimum absolute atomic E-state index is 0.127. The van der Waals surface area contributed by atoms with E-state index in [1.54, 1.807) is 0 Å². The minimum atomic E-state index is -0.746. The Morgan fingerprint density at radius 1 is 0.393 bits per heavy atom. The van der Waals surface area contributed by atoms with Crippen molar-refractivity contribution < 1.29 is 19.8 Å². The van der Waals surface area contributed by atoms with Crippen LogP contribution in [-0.4, -0.2) is 22.2 Å². The van der Waals surface area contributed by atoms with Crippen molar-refractivity contribution in [2.45, 2.75) is 204 Å². The monoisotopic (exact) mass is 767 g/mol. The molecule has 0 radical (unpaired) electrons. The van der Waals surface area contributed by atoms with Crippen molar-refractivity contribution in [1.29, 1.82) is 0 Å². The van der Waals surface area contributed by atoms with Crippen molar-refractivity contribution in [3.63, 3.8) is 0 Å². The normalized spacial score (nSPS) is 14.2. The van der Waals surface area contributed by atoms with Gasteiger partial charge in [0.1, 0.15) is 0 Å². The molecular weight excluding hydrogens is 689 g/mol. The van der Waals surface area contributed by atoms with Crippen molar-refractivity contribution in [2.75, 3.05) is 0 Å². The van der Waals surface area contributed by atoms with Gasteiger partial charge in [-0.05, 0) is 58.8 Å². The lowest BCUT2D eigenvalue weighted by Crippen LogP contribution is -2.47. The lowest BCUT2D eigenvalue weighted by molar-refractivity contribution is -0.138. The van der Waals surface area contributed by atoms with E-state index in [-0.39, 0.29) is 34.5 Å². The average molecular weight is 767 g/mol. The van der Waals surface area contributed by atoms with Crippen LogP contribution in [0.25, 0.3) is 0 Å². The molecule has 3 aromatic rings. The first kappa shape index (κ1) is 47.0. The molecule has 0 aliphatic carbocycles. The van der Waals surface area contributed by atoms with Crippen molar-refractivity contribution in [3.8, 4) is 0 Å². The summed E-state index contributed by atoms with van der Waals surface area (Å²) in [6.45, 7) is 13.8. The number of carboxylic acid groups (broad SMARTS) is 2. The summed E-state index contributed by atoms with van der Waals surface area (Å²) in [6, 6.07) is 30.6. The van der Waals surface area contributed by atoms with Crippen LogP contribution in [0.4, 0.5) is 0 Å². The number of carbonyl (C=O) groups is 2. The summed E-state index contributed by atoms with van der Waals surface area (Å²) in [5, 5.41) is 20.1. The molecule has 0 spiro atoms. The molecule has 0 heterocycles. The molecule has 3 rings (SSSR count). The first-order valence-electron chi connectivity index (χ1n) is 22.5. The highest BCUT2D eigenvalue weighted by molar-refractivity contribution is 5.67. The van der Waals surface area contributed by atoms with Gasteiger partial charge in [0.05, 0.1) is 0 Å². The van der Waals surface area contributed by atoms with E-state index in [9.17, 15) is 19.8 Å². The Morgan fingerprint density at radius 3 is 0.964 bits per heavy atom. The Labute approximate surface area is 342 Å². The molecular formula is C52H78O4. The molecule has 310 valence electrons. The predicted molar refractivity (Wildman–Crippen MR) is 237 cm³/mol. The molecule has 2 N–H and O–H groups in total. The van der Waals surface area contributed by atoms with Gasteiger partial charge in [0.2, 0.25) is 0 Å². The van der Waals surface area contributed by atoms with Gasteiger partial charge in [-0.3, -0.25) is 9.59 Å². The third-order valence-corrected chi connectivity index (χ3v) is 13.8. The topological polar surface area (TPSA) is 74.6 Å². The van der Waals surface area contributed by atoms with E-state index < -0.39 is 11.9 Å². The number of rotatable bonds is 30. The molecule has 0 aromatic heterocycles. The highest BCUT2D eigenvalue weighted by atomic mass is 16.4. The van der Waals surface area contributed by atoms with E-state index in [4.69, 9.17) is 0 Å². The Hall–Kier alpha value is -3.40. The Kier molecular flexibility index (Phi) is 19.9. The summed E-state index contributed by atoms with van der Waals surface area (Å²) in [6.07, 6.45) is 23.1. The van der Waals surface area contributed by atoms with Crippen molar-refractivity contribution in [3.05, 3.63) is 107 Å². The van der Waals surface area contributed by atoms with Crippen molar-refractivity contribution >= 4 is 11.9 Å². The van der Waals surface area contributed by atoms with E-state index >= 15 is 0 Å². The molecule has 56 heavy (non-hydrogen) atoms. The second kappa shape index (κ2) is 23.7. The van der Waals surface area contributed by atoms with Gasteiger partial charge in [0.25, 0.3) is 0 Å². The number of hydrogen-bond donors (Lipinski definition) is 2. The van der Waals surface area contributed by atoms with E-state index in [0.717, 1.165) is 38.5 Å². The molecule has 0 fully saturated rings. The van der Waals surface area contributed by atoms with Gasteiger partial charge in [-0.25, -0.2) is 0 Å². The quantitative estimate of drug-likeness (QED) is 0.0663. The van der Waals surface area contributed by atoms with Crippen molar-refractivity contribution in [1.82, 2.24) is 0 Å². The average Bonchev–Trinajstić information content (AvgIpc) is 3.19. The molecule has 2 unspecified atom stereocenters. The van der Waals surface area contributed by atoms with Gasteiger partial charge < -0.3 is 10.2 Å². The maximum atomic E-state index is 12.2. The van der Waals surface area contributed by atoms with Crippen LogP contribution in [0.2, 0.25) is 0 Å². The minimum Gasteiger partial charge on any atom is -0.481 e. The summed E-state index contributed by atoms with van der Waals surface area (Å²) in [5.74, 6) is -1.49. The summed E-state index contributed by atoms with van der Waals surface area (Å²) in [7, 11) is 0. The highest BCUT2D eigenvalue weighted by Gasteiger charge is 2.49. The third kappa shape index (κ3) is 12.8. The van der Waals surface area contributed by atoms with Gasteiger partial charge in [0, 0.05) is 23.7 Å². The van der Waals surface area contributed by atoms with Gasteiger partial charge >= 0.3 is 11.9 Å². The van der Waals surface area contributed by atoms with Gasteiger partial charge in [-0.15, -0.1) is 0 Å². The molecule has 4 nitrogen and oxygen atoms in total. The van der Waals surface area contributed by atoms with Crippen LogP contribution in [0.1, 0.15) is 205 Å². The van der Waals surface area contributed by atoms with Crippen LogP contribution < -0.4 is 0 Å². The summed E-state index contributed by atoms with van der Waals surface area (Å²) in [5.41, 5.74) is 3.43. The maximum Gasteiger partial charge on any atom is 0.303 e. The number of benzene rings is 3. The number of carboxylic acids is 2. The fourth-order valence-electron chi connectivity index (χ4n) is 9.93. The lowest BCUT2D eigenvalue weighted by Gasteiger charge is -2.50. The maximum absolute atomic E-state index is 12.2. The molecule has 0 aliphatic heterocycles. The Morgan fingerprint density at radius 2 is 0.679 bits per heavy atom. The number of hydrogen-bond acceptors (Lipinski definition) is 2. The molecule has 3 aromatic carbocycles. The predicted octanol–water partition coefficient (Wildman–Crippen LogP) is 14.9. The van der Waals surface area contributed by atoms with Crippen LogP contribution in [0.5, 0.6) is 0 Å². The van der Waals surface area contributed by atoms with Gasteiger partial charge in [0.15, 0.2) is 0 Å². The highest BCUT2D eigenvalue weighted by Crippen LogP contribution is 2.53. The molecule has 0 amide bonds. The van der Waals surface area contributed by atoms with Crippen LogP contribution in [0.15, 0.2) is 84.9 Å². The van der Waals surface area contributed by atoms with Crippen LogP contribution >= 0.6 is 0 Å². The fourth-order valence-corrected chi connectivity index (χ4v) is 9.93. The van der Waals surface area contributed by atoms with Crippen molar-refractivity contribution in [2.24, 2.45) is 0 Å². The molecule has 0 aliphatic rings. The summed E-state index contributed by atoms with van der Waals surface area (Å²) >= 11 is 0. The second-order valence-electron chi connectivity index (χ2n) is 18.0. The standard InChI is InChI=1S/C52H78O4/c1-7-9-11-13-15-17-19-27-39-51(41-37-47(53)54,45-29-23-21-24-30-45)49(3,4)43-33-35-44(36-34-43)50(5,6)52(42-38-48(55)56,46-31-25-22-26-32-46)40-28-20-18-16-14-12-10-8-2/h21-26,29-36H,7-20,27-28,37-42H2,1-6H3,(H,53,54)(H,55,56). The zero-order valence-corrected chi connectivity index (χ0v) is 36.4. The zero-order valence-electron chi connectivity index (χ0n) is 36.4. The lowest BCUT2D eigenvalue weighted by atomic mass is 9.53. The van der Waals surface area contributed by atoms with Gasteiger partial charge in [-0.2, -0.15) is 0 Å².